The molecule has 0 heterocycles. The highest BCUT2D eigenvalue weighted by Crippen LogP contribution is 2.18. The molecule has 114 valence electrons. The normalized spacial score (nSPS) is 12.7. The fourth-order valence-corrected chi connectivity index (χ4v) is 2.12. The van der Waals surface area contributed by atoms with Crippen molar-refractivity contribution < 1.29 is 18.8 Å². The van der Waals surface area contributed by atoms with Crippen molar-refractivity contribution in [3.05, 3.63) is 0 Å². The van der Waals surface area contributed by atoms with Crippen molar-refractivity contribution in [1.29, 1.82) is 0 Å². The zero-order chi connectivity index (χ0) is 14.5. The van der Waals surface area contributed by atoms with Crippen molar-refractivity contribution in [3.63, 3.8) is 0 Å². The van der Waals surface area contributed by atoms with E-state index in [1.807, 2.05) is 0 Å². The summed E-state index contributed by atoms with van der Waals surface area (Å²) in [6.07, 6.45) is 2.30. The maximum absolute atomic E-state index is 10.6. The first-order valence-electron chi connectivity index (χ1n) is 6.91. The Morgan fingerprint density at radius 1 is 1.16 bits per heavy atom. The summed E-state index contributed by atoms with van der Waals surface area (Å²) < 4.78 is 16.2. The van der Waals surface area contributed by atoms with Gasteiger partial charge in [-0.1, -0.05) is 26.7 Å². The number of hydrogen-bond donors (Lipinski definition) is 1. The van der Waals surface area contributed by atoms with Gasteiger partial charge in [0.2, 0.25) is 5.91 Å². The Balaban J connectivity index is 3.48. The molecule has 1 amide bonds. The quantitative estimate of drug-likeness (QED) is 0.440. The highest BCUT2D eigenvalue weighted by Gasteiger charge is 2.17. The molecule has 0 saturated heterocycles. The molecule has 5 nitrogen and oxygen atoms in total. The molecule has 2 atom stereocenters. The predicted octanol–water partition coefficient (Wildman–Crippen LogP) is 1.77. The zero-order valence-electron chi connectivity index (χ0n) is 12.3. The molecule has 0 spiro atoms. The Kier molecular flexibility index (Phi) is 12.6. The van der Waals surface area contributed by atoms with Crippen LogP contribution in [0.1, 0.15) is 33.6 Å². The third-order valence-corrected chi connectivity index (χ3v) is 3.37. The minimum atomic E-state index is -0.0366. The van der Waals surface area contributed by atoms with E-state index in [0.29, 0.717) is 38.9 Å². The van der Waals surface area contributed by atoms with E-state index < -0.39 is 0 Å². The number of hydrogen-bond acceptors (Lipinski definition) is 4. The standard InChI is InChI=1S/C13H28NO4P/c1-4-12(5-2)13(18-19)10-17-9-8-16-7-6-14-11(3)15/h12-13H,4-10,19H2,1-3H3,(H,14,15). The molecule has 0 aromatic carbocycles. The lowest BCUT2D eigenvalue weighted by molar-refractivity contribution is -0.119. The van der Waals surface area contributed by atoms with Crippen LogP contribution in [0, 0.1) is 5.92 Å². The molecule has 0 aliphatic heterocycles. The summed E-state index contributed by atoms with van der Waals surface area (Å²) in [5.41, 5.74) is 0. The molecule has 0 rings (SSSR count). The maximum atomic E-state index is 10.6. The average molecular weight is 293 g/mol. The van der Waals surface area contributed by atoms with Gasteiger partial charge in [0.1, 0.15) is 0 Å². The van der Waals surface area contributed by atoms with E-state index in [0.717, 1.165) is 12.8 Å². The van der Waals surface area contributed by atoms with Gasteiger partial charge in [0, 0.05) is 22.9 Å². The lowest BCUT2D eigenvalue weighted by Crippen LogP contribution is -2.27. The molecular weight excluding hydrogens is 265 g/mol. The van der Waals surface area contributed by atoms with Crippen LogP contribution in [-0.4, -0.2) is 45.0 Å². The van der Waals surface area contributed by atoms with Crippen LogP contribution in [0.4, 0.5) is 0 Å². The van der Waals surface area contributed by atoms with Gasteiger partial charge in [0.25, 0.3) is 0 Å². The molecule has 0 radical (unpaired) electrons. The van der Waals surface area contributed by atoms with Crippen LogP contribution in [0.15, 0.2) is 0 Å². The molecule has 0 bridgehead atoms. The van der Waals surface area contributed by atoms with Crippen molar-refractivity contribution in [3.8, 4) is 0 Å². The third-order valence-electron chi connectivity index (χ3n) is 3.02. The molecule has 19 heavy (non-hydrogen) atoms. The highest BCUT2D eigenvalue weighted by atomic mass is 31.0. The molecule has 0 aromatic heterocycles. The molecule has 6 heteroatoms. The number of nitrogens with one attached hydrogen (secondary N) is 1. The van der Waals surface area contributed by atoms with Crippen LogP contribution in [0.25, 0.3) is 0 Å². The Bertz CT molecular complexity index is 225. The van der Waals surface area contributed by atoms with Gasteiger partial charge in [-0.2, -0.15) is 0 Å². The Morgan fingerprint density at radius 3 is 2.32 bits per heavy atom. The van der Waals surface area contributed by atoms with Crippen LogP contribution in [0.3, 0.4) is 0 Å². The minimum absolute atomic E-state index is 0.0366. The van der Waals surface area contributed by atoms with Crippen LogP contribution in [0.2, 0.25) is 0 Å². The fourth-order valence-electron chi connectivity index (χ4n) is 1.82. The van der Waals surface area contributed by atoms with Gasteiger partial charge in [-0.05, 0) is 5.92 Å². The second-order valence-electron chi connectivity index (χ2n) is 4.42. The molecule has 1 N–H and O–H groups in total. The van der Waals surface area contributed by atoms with E-state index in [-0.39, 0.29) is 12.0 Å². The SMILES string of the molecule is CCC(CC)C(COCCOCCNC(C)=O)OP. The monoisotopic (exact) mass is 293 g/mol. The Morgan fingerprint density at radius 2 is 1.79 bits per heavy atom. The first-order valence-corrected chi connectivity index (χ1v) is 7.38. The van der Waals surface area contributed by atoms with Gasteiger partial charge in [-0.15, -0.1) is 0 Å². The van der Waals surface area contributed by atoms with Gasteiger partial charge in [0.05, 0.1) is 32.5 Å². The number of carbonyl (C=O) groups is 1. The van der Waals surface area contributed by atoms with E-state index in [1.54, 1.807) is 0 Å². The lowest BCUT2D eigenvalue weighted by atomic mass is 9.97. The van der Waals surface area contributed by atoms with Crippen molar-refractivity contribution in [2.24, 2.45) is 5.92 Å². The number of carbonyl (C=O) groups excluding carboxylic acids is 1. The summed E-state index contributed by atoms with van der Waals surface area (Å²) in [5, 5.41) is 2.67. The third kappa shape index (κ3) is 10.3. The van der Waals surface area contributed by atoms with E-state index in [2.05, 4.69) is 28.6 Å². The van der Waals surface area contributed by atoms with Gasteiger partial charge < -0.3 is 19.3 Å². The van der Waals surface area contributed by atoms with Crippen LogP contribution in [0.5, 0.6) is 0 Å². The summed E-state index contributed by atoms with van der Waals surface area (Å²) in [4.78, 5) is 10.6. The zero-order valence-corrected chi connectivity index (χ0v) is 13.5. The van der Waals surface area contributed by atoms with E-state index in [4.69, 9.17) is 14.0 Å². The number of rotatable bonds is 12. The van der Waals surface area contributed by atoms with Gasteiger partial charge in [-0.3, -0.25) is 4.79 Å². The second-order valence-corrected chi connectivity index (χ2v) is 4.69. The largest absolute Gasteiger partial charge is 0.377 e. The van der Waals surface area contributed by atoms with Gasteiger partial charge in [0.15, 0.2) is 0 Å². The highest BCUT2D eigenvalue weighted by molar-refractivity contribution is 7.09. The first kappa shape index (κ1) is 18.8. The predicted molar refractivity (Wildman–Crippen MR) is 79.0 cm³/mol. The van der Waals surface area contributed by atoms with Crippen molar-refractivity contribution >= 4 is 15.4 Å². The lowest BCUT2D eigenvalue weighted by Gasteiger charge is -2.23. The second kappa shape index (κ2) is 12.8. The molecule has 2 unspecified atom stereocenters. The summed E-state index contributed by atoms with van der Waals surface area (Å²) in [6, 6.07) is 0. The molecule has 0 fully saturated rings. The molecule has 0 saturated carbocycles. The fraction of sp³-hybridized carbons (Fsp3) is 0.923. The number of amides is 1. The molecule has 0 aliphatic carbocycles. The van der Waals surface area contributed by atoms with E-state index >= 15 is 0 Å². The van der Waals surface area contributed by atoms with Crippen molar-refractivity contribution in [2.45, 2.75) is 39.7 Å². The summed E-state index contributed by atoms with van der Waals surface area (Å²) in [6.45, 7) is 8.54. The topological polar surface area (TPSA) is 56.8 Å². The van der Waals surface area contributed by atoms with Crippen LogP contribution in [-0.2, 0) is 18.8 Å². The van der Waals surface area contributed by atoms with Crippen molar-refractivity contribution in [2.75, 3.05) is 33.0 Å². The molecule has 0 aromatic rings. The first-order chi connectivity index (χ1) is 9.15. The van der Waals surface area contributed by atoms with Crippen LogP contribution < -0.4 is 5.32 Å². The smallest absolute Gasteiger partial charge is 0.216 e. The Labute approximate surface area is 119 Å². The molecule has 0 aliphatic rings. The molecular formula is C13H28NO4P. The van der Waals surface area contributed by atoms with E-state index in [9.17, 15) is 4.79 Å². The summed E-state index contributed by atoms with van der Waals surface area (Å²) in [7, 11) is 2.32. The number of ether oxygens (including phenoxy) is 2. The summed E-state index contributed by atoms with van der Waals surface area (Å²) >= 11 is 0. The van der Waals surface area contributed by atoms with Gasteiger partial charge in [-0.25, -0.2) is 0 Å². The average Bonchev–Trinajstić information content (AvgIpc) is 2.40. The summed E-state index contributed by atoms with van der Waals surface area (Å²) in [5.74, 6) is 0.489. The van der Waals surface area contributed by atoms with Crippen LogP contribution >= 0.6 is 9.47 Å². The Hall–Kier alpha value is -0.220. The van der Waals surface area contributed by atoms with Crippen molar-refractivity contribution in [1.82, 2.24) is 5.32 Å². The maximum Gasteiger partial charge on any atom is 0.216 e. The minimum Gasteiger partial charge on any atom is -0.377 e. The van der Waals surface area contributed by atoms with Gasteiger partial charge >= 0.3 is 0 Å². The van der Waals surface area contributed by atoms with E-state index in [1.165, 1.54) is 6.92 Å².